The van der Waals surface area contributed by atoms with Crippen LogP contribution in [0.1, 0.15) is 37.6 Å². The van der Waals surface area contributed by atoms with Crippen LogP contribution in [-0.4, -0.2) is 25.7 Å². The van der Waals surface area contributed by atoms with E-state index in [1.807, 2.05) is 0 Å². The Morgan fingerprint density at radius 2 is 1.89 bits per heavy atom. The number of fused-ring (bicyclic) bond motifs is 1. The molecule has 1 amide bonds. The van der Waals surface area contributed by atoms with E-state index in [2.05, 4.69) is 26.1 Å². The van der Waals surface area contributed by atoms with Gasteiger partial charge in [0, 0.05) is 18.5 Å². The molecule has 0 atom stereocenters. The average Bonchev–Trinajstić information content (AvgIpc) is 2.59. The van der Waals surface area contributed by atoms with Gasteiger partial charge in [0.05, 0.1) is 13.2 Å². The number of rotatable bonds is 2. The molecule has 0 radical (unpaired) electrons. The molecule has 0 fully saturated rings. The van der Waals surface area contributed by atoms with Crippen molar-refractivity contribution in [2.45, 2.75) is 27.2 Å². The fourth-order valence-electron chi connectivity index (χ4n) is 1.75. The highest BCUT2D eigenvalue weighted by atomic mass is 16.5. The van der Waals surface area contributed by atoms with Crippen molar-refractivity contribution in [2.75, 3.05) is 19.8 Å². The second kappa shape index (κ2) is 5.51. The van der Waals surface area contributed by atoms with Crippen LogP contribution in [0.4, 0.5) is 0 Å². The zero-order valence-corrected chi connectivity index (χ0v) is 11.8. The molecule has 1 aromatic carbocycles. The molecule has 1 N–H and O–H groups in total. The van der Waals surface area contributed by atoms with Crippen LogP contribution in [0.25, 0.3) is 0 Å². The van der Waals surface area contributed by atoms with Crippen molar-refractivity contribution in [3.05, 3.63) is 23.8 Å². The molecule has 1 aromatic rings. The van der Waals surface area contributed by atoms with Crippen molar-refractivity contribution in [2.24, 2.45) is 5.41 Å². The molecular formula is C15H21NO3. The lowest BCUT2D eigenvalue weighted by molar-refractivity contribution is 0.0939. The maximum absolute atomic E-state index is 12.1. The highest BCUT2D eigenvalue weighted by molar-refractivity contribution is 5.94. The number of carbonyl (C=O) groups is 1. The number of carbonyl (C=O) groups excluding carboxylic acids is 1. The van der Waals surface area contributed by atoms with E-state index in [-0.39, 0.29) is 11.3 Å². The van der Waals surface area contributed by atoms with Crippen molar-refractivity contribution < 1.29 is 14.3 Å². The van der Waals surface area contributed by atoms with Crippen molar-refractivity contribution >= 4 is 5.91 Å². The third-order valence-corrected chi connectivity index (χ3v) is 2.79. The lowest BCUT2D eigenvalue weighted by Crippen LogP contribution is -2.32. The van der Waals surface area contributed by atoms with Crippen molar-refractivity contribution in [1.82, 2.24) is 5.32 Å². The predicted octanol–water partition coefficient (Wildman–Crippen LogP) is 2.62. The Bertz CT molecular complexity index is 463. The molecule has 19 heavy (non-hydrogen) atoms. The summed E-state index contributed by atoms with van der Waals surface area (Å²) in [6, 6.07) is 5.32. The average molecular weight is 263 g/mol. The molecule has 0 aromatic heterocycles. The second-order valence-electron chi connectivity index (χ2n) is 5.96. The van der Waals surface area contributed by atoms with Gasteiger partial charge in [-0.3, -0.25) is 4.79 Å². The van der Waals surface area contributed by atoms with E-state index in [0.717, 1.165) is 6.42 Å². The van der Waals surface area contributed by atoms with Crippen LogP contribution in [0.5, 0.6) is 11.5 Å². The SMILES string of the molecule is CC(C)(C)CNC(=O)c1ccc2c(c1)OCCCO2. The minimum Gasteiger partial charge on any atom is -0.490 e. The van der Waals surface area contributed by atoms with E-state index in [9.17, 15) is 4.79 Å². The summed E-state index contributed by atoms with van der Waals surface area (Å²) < 4.78 is 11.1. The number of benzene rings is 1. The van der Waals surface area contributed by atoms with Gasteiger partial charge in [0.2, 0.25) is 0 Å². The Labute approximate surface area is 114 Å². The molecule has 0 bridgehead atoms. The van der Waals surface area contributed by atoms with E-state index in [1.165, 1.54) is 0 Å². The first kappa shape index (κ1) is 13.7. The van der Waals surface area contributed by atoms with Crippen LogP contribution in [0, 0.1) is 5.41 Å². The molecule has 0 saturated heterocycles. The monoisotopic (exact) mass is 263 g/mol. The summed E-state index contributed by atoms with van der Waals surface area (Å²) in [4.78, 5) is 12.1. The first-order valence-electron chi connectivity index (χ1n) is 6.63. The number of nitrogens with one attached hydrogen (secondary N) is 1. The van der Waals surface area contributed by atoms with E-state index in [4.69, 9.17) is 9.47 Å². The normalized spacial score (nSPS) is 14.7. The fourth-order valence-corrected chi connectivity index (χ4v) is 1.75. The van der Waals surface area contributed by atoms with Gasteiger partial charge in [-0.1, -0.05) is 20.8 Å². The smallest absolute Gasteiger partial charge is 0.251 e. The Hall–Kier alpha value is -1.71. The van der Waals surface area contributed by atoms with Crippen LogP contribution in [0.2, 0.25) is 0 Å². The topological polar surface area (TPSA) is 47.6 Å². The zero-order valence-electron chi connectivity index (χ0n) is 11.8. The Balaban J connectivity index is 2.08. The van der Waals surface area contributed by atoms with Gasteiger partial charge >= 0.3 is 0 Å². The fraction of sp³-hybridized carbons (Fsp3) is 0.533. The predicted molar refractivity (Wildman–Crippen MR) is 73.8 cm³/mol. The van der Waals surface area contributed by atoms with E-state index >= 15 is 0 Å². The van der Waals surface area contributed by atoms with Crippen molar-refractivity contribution in [3.8, 4) is 11.5 Å². The molecule has 0 spiro atoms. The van der Waals surface area contributed by atoms with Gasteiger partial charge in [0.1, 0.15) is 0 Å². The number of hydrogen-bond donors (Lipinski definition) is 1. The molecule has 4 heteroatoms. The molecule has 0 saturated carbocycles. The van der Waals surface area contributed by atoms with E-state index < -0.39 is 0 Å². The first-order chi connectivity index (χ1) is 8.96. The van der Waals surface area contributed by atoms with Crippen molar-refractivity contribution in [1.29, 1.82) is 0 Å². The largest absolute Gasteiger partial charge is 0.490 e. The minimum absolute atomic E-state index is 0.0704. The van der Waals surface area contributed by atoms with Gasteiger partial charge in [-0.05, 0) is 23.6 Å². The summed E-state index contributed by atoms with van der Waals surface area (Å²) in [6.45, 7) is 8.17. The Kier molecular flexibility index (Phi) is 3.98. The molecule has 104 valence electrons. The standard InChI is InChI=1S/C15H21NO3/c1-15(2,3)10-16-14(17)11-5-6-12-13(9-11)19-8-4-7-18-12/h5-6,9H,4,7-8,10H2,1-3H3,(H,16,17). The molecule has 1 aliphatic heterocycles. The molecule has 1 aliphatic rings. The molecule has 1 heterocycles. The number of hydrogen-bond acceptors (Lipinski definition) is 3. The summed E-state index contributed by atoms with van der Waals surface area (Å²) in [5.41, 5.74) is 0.675. The summed E-state index contributed by atoms with van der Waals surface area (Å²) in [5, 5.41) is 2.93. The minimum atomic E-state index is -0.0782. The van der Waals surface area contributed by atoms with Gasteiger partial charge < -0.3 is 14.8 Å². The summed E-state index contributed by atoms with van der Waals surface area (Å²) in [7, 11) is 0. The lowest BCUT2D eigenvalue weighted by Gasteiger charge is -2.19. The van der Waals surface area contributed by atoms with Crippen LogP contribution < -0.4 is 14.8 Å². The summed E-state index contributed by atoms with van der Waals surface area (Å²) in [6.07, 6.45) is 0.861. The van der Waals surface area contributed by atoms with E-state index in [0.29, 0.717) is 36.8 Å². The molecule has 2 rings (SSSR count). The number of amides is 1. The third kappa shape index (κ3) is 3.88. The highest BCUT2D eigenvalue weighted by Crippen LogP contribution is 2.30. The van der Waals surface area contributed by atoms with E-state index in [1.54, 1.807) is 18.2 Å². The molecule has 4 nitrogen and oxygen atoms in total. The highest BCUT2D eigenvalue weighted by Gasteiger charge is 2.16. The molecule has 0 unspecified atom stereocenters. The maximum Gasteiger partial charge on any atom is 0.251 e. The van der Waals surface area contributed by atoms with Gasteiger partial charge in [0.15, 0.2) is 11.5 Å². The van der Waals surface area contributed by atoms with Gasteiger partial charge in [0.25, 0.3) is 5.91 Å². The van der Waals surface area contributed by atoms with Crippen molar-refractivity contribution in [3.63, 3.8) is 0 Å². The van der Waals surface area contributed by atoms with Crippen LogP contribution >= 0.6 is 0 Å². The number of ether oxygens (including phenoxy) is 2. The van der Waals surface area contributed by atoms with Crippen LogP contribution in [0.15, 0.2) is 18.2 Å². The summed E-state index contributed by atoms with van der Waals surface area (Å²) >= 11 is 0. The zero-order chi connectivity index (χ0) is 13.9. The molecule has 0 aliphatic carbocycles. The van der Waals surface area contributed by atoms with Gasteiger partial charge in [-0.2, -0.15) is 0 Å². The van der Waals surface area contributed by atoms with Crippen LogP contribution in [-0.2, 0) is 0 Å². The second-order valence-corrected chi connectivity index (χ2v) is 5.96. The Morgan fingerprint density at radius 3 is 2.58 bits per heavy atom. The summed E-state index contributed by atoms with van der Waals surface area (Å²) in [5.74, 6) is 1.29. The molecular weight excluding hydrogens is 242 g/mol. The lowest BCUT2D eigenvalue weighted by atomic mass is 9.97. The van der Waals surface area contributed by atoms with Crippen LogP contribution in [0.3, 0.4) is 0 Å². The first-order valence-corrected chi connectivity index (χ1v) is 6.63. The maximum atomic E-state index is 12.1. The van der Waals surface area contributed by atoms with Gasteiger partial charge in [-0.15, -0.1) is 0 Å². The van der Waals surface area contributed by atoms with Gasteiger partial charge in [-0.25, -0.2) is 0 Å². The third-order valence-electron chi connectivity index (χ3n) is 2.79. The quantitative estimate of drug-likeness (QED) is 0.892. The Morgan fingerprint density at radius 1 is 1.21 bits per heavy atom.